The smallest absolute Gasteiger partial charge is 0.327 e. The van der Waals surface area contributed by atoms with E-state index in [-0.39, 0.29) is 30.5 Å². The molecule has 1 N–H and O–H groups in total. The molecule has 0 aromatic carbocycles. The largest absolute Gasteiger partial charge is 0.395 e. The van der Waals surface area contributed by atoms with Crippen molar-refractivity contribution >= 4 is 11.9 Å². The Kier molecular flexibility index (Phi) is 6.22. The highest BCUT2D eigenvalue weighted by molar-refractivity contribution is 6.07. The van der Waals surface area contributed by atoms with Crippen LogP contribution >= 0.6 is 0 Å². The van der Waals surface area contributed by atoms with E-state index in [9.17, 15) is 14.7 Å². The molecule has 2 saturated heterocycles. The number of hydrogen-bond donors (Lipinski definition) is 1. The molecule has 0 radical (unpaired) electrons. The molecule has 24 heavy (non-hydrogen) atoms. The maximum atomic E-state index is 13.1. The van der Waals surface area contributed by atoms with Crippen molar-refractivity contribution in [2.45, 2.75) is 45.2 Å². The second-order valence-corrected chi connectivity index (χ2v) is 7.34. The van der Waals surface area contributed by atoms with Crippen molar-refractivity contribution in [2.24, 2.45) is 5.92 Å². The molecular weight excluding hydrogens is 310 g/mol. The van der Waals surface area contributed by atoms with E-state index in [4.69, 9.17) is 4.74 Å². The Labute approximate surface area is 144 Å². The molecule has 7 nitrogen and oxygen atoms in total. The SMILES string of the molecule is COCCN1C(=O)N(CC(C)C)C(=O)C12CCN([C@@H](C)CO)CC2. The van der Waals surface area contributed by atoms with E-state index in [0.29, 0.717) is 45.6 Å². The first-order valence-electron chi connectivity index (χ1n) is 8.84. The molecule has 0 unspecified atom stereocenters. The number of urea groups is 1. The summed E-state index contributed by atoms with van der Waals surface area (Å²) in [5, 5.41) is 9.35. The minimum Gasteiger partial charge on any atom is -0.395 e. The van der Waals surface area contributed by atoms with E-state index < -0.39 is 5.54 Å². The van der Waals surface area contributed by atoms with Gasteiger partial charge in [-0.2, -0.15) is 0 Å². The Morgan fingerprint density at radius 2 is 1.83 bits per heavy atom. The molecule has 3 amide bonds. The molecular formula is C17H31N3O4. The fraction of sp³-hybridized carbons (Fsp3) is 0.882. The average molecular weight is 341 g/mol. The van der Waals surface area contributed by atoms with Gasteiger partial charge in [-0.25, -0.2) is 4.79 Å². The average Bonchev–Trinajstić information content (AvgIpc) is 2.75. The Morgan fingerprint density at radius 1 is 1.21 bits per heavy atom. The van der Waals surface area contributed by atoms with Crippen molar-refractivity contribution in [1.29, 1.82) is 0 Å². The zero-order valence-corrected chi connectivity index (χ0v) is 15.3. The Morgan fingerprint density at radius 3 is 2.33 bits per heavy atom. The third kappa shape index (κ3) is 3.43. The summed E-state index contributed by atoms with van der Waals surface area (Å²) in [6, 6.07) is -0.108. The van der Waals surface area contributed by atoms with E-state index >= 15 is 0 Å². The van der Waals surface area contributed by atoms with E-state index in [1.807, 2.05) is 20.8 Å². The summed E-state index contributed by atoms with van der Waals surface area (Å²) in [5.41, 5.74) is -0.740. The van der Waals surface area contributed by atoms with Crippen LogP contribution in [0.25, 0.3) is 0 Å². The van der Waals surface area contributed by atoms with Gasteiger partial charge in [0.05, 0.1) is 13.2 Å². The van der Waals surface area contributed by atoms with Crippen LogP contribution in [-0.2, 0) is 9.53 Å². The molecule has 0 aromatic rings. The topological polar surface area (TPSA) is 73.3 Å². The number of hydrogen-bond acceptors (Lipinski definition) is 5. The van der Waals surface area contributed by atoms with Crippen molar-refractivity contribution in [3.05, 3.63) is 0 Å². The summed E-state index contributed by atoms with van der Waals surface area (Å²) in [6.07, 6.45) is 1.22. The standard InChI is InChI=1S/C17H31N3O4/c1-13(2)11-19-15(22)17(20(16(19)23)9-10-24-4)5-7-18(8-6-17)14(3)12-21/h13-14,21H,5-12H2,1-4H3/t14-/m0/s1. The number of ether oxygens (including phenoxy) is 1. The van der Waals surface area contributed by atoms with Crippen molar-refractivity contribution in [2.75, 3.05) is 46.5 Å². The van der Waals surface area contributed by atoms with Gasteiger partial charge in [-0.3, -0.25) is 14.6 Å². The van der Waals surface area contributed by atoms with Crippen LogP contribution in [0.4, 0.5) is 4.79 Å². The fourth-order valence-electron chi connectivity index (χ4n) is 3.73. The third-order valence-corrected chi connectivity index (χ3v) is 5.20. The zero-order chi connectivity index (χ0) is 17.9. The number of carbonyl (C=O) groups is 2. The van der Waals surface area contributed by atoms with Crippen LogP contribution in [0.2, 0.25) is 0 Å². The molecule has 1 spiro atoms. The highest BCUT2D eigenvalue weighted by Gasteiger charge is 2.57. The van der Waals surface area contributed by atoms with Crippen molar-refractivity contribution in [3.63, 3.8) is 0 Å². The second kappa shape index (κ2) is 7.80. The molecule has 2 rings (SSSR count). The number of nitrogens with zero attached hydrogens (tertiary/aromatic N) is 3. The Bertz CT molecular complexity index is 461. The monoisotopic (exact) mass is 341 g/mol. The van der Waals surface area contributed by atoms with E-state index in [1.54, 1.807) is 12.0 Å². The third-order valence-electron chi connectivity index (χ3n) is 5.20. The second-order valence-electron chi connectivity index (χ2n) is 7.34. The fourth-order valence-corrected chi connectivity index (χ4v) is 3.73. The van der Waals surface area contributed by atoms with Crippen LogP contribution < -0.4 is 0 Å². The van der Waals surface area contributed by atoms with Crippen LogP contribution in [0.15, 0.2) is 0 Å². The molecule has 1 atom stereocenters. The Hall–Kier alpha value is -1.18. The number of rotatable bonds is 7. The normalized spacial score (nSPS) is 22.9. The number of likely N-dealkylation sites (tertiary alicyclic amines) is 1. The lowest BCUT2D eigenvalue weighted by molar-refractivity contribution is -0.136. The number of carbonyl (C=O) groups excluding carboxylic acids is 2. The van der Waals surface area contributed by atoms with Crippen molar-refractivity contribution in [1.82, 2.24) is 14.7 Å². The van der Waals surface area contributed by atoms with Gasteiger partial charge in [0.1, 0.15) is 5.54 Å². The van der Waals surface area contributed by atoms with E-state index in [2.05, 4.69) is 4.90 Å². The van der Waals surface area contributed by atoms with Gasteiger partial charge >= 0.3 is 6.03 Å². The van der Waals surface area contributed by atoms with Gasteiger partial charge in [0, 0.05) is 39.3 Å². The number of aliphatic hydroxyl groups is 1. The quantitative estimate of drug-likeness (QED) is 0.693. The van der Waals surface area contributed by atoms with Gasteiger partial charge in [0.25, 0.3) is 5.91 Å². The molecule has 0 saturated carbocycles. The van der Waals surface area contributed by atoms with Crippen LogP contribution in [0, 0.1) is 5.92 Å². The molecule has 2 fully saturated rings. The predicted octanol–water partition coefficient (Wildman–Crippen LogP) is 0.768. The first-order valence-corrected chi connectivity index (χ1v) is 8.84. The highest BCUT2D eigenvalue weighted by atomic mass is 16.5. The number of aliphatic hydroxyl groups excluding tert-OH is 1. The van der Waals surface area contributed by atoms with Gasteiger partial charge in [-0.15, -0.1) is 0 Å². The summed E-state index contributed by atoms with van der Waals surface area (Å²) in [5.74, 6) is 0.181. The molecule has 0 bridgehead atoms. The number of methoxy groups -OCH3 is 1. The number of amides is 3. The van der Waals surface area contributed by atoms with E-state index in [1.165, 1.54) is 4.90 Å². The van der Waals surface area contributed by atoms with Crippen molar-refractivity contribution < 1.29 is 19.4 Å². The number of piperidine rings is 1. The molecule has 7 heteroatoms. The van der Waals surface area contributed by atoms with Crippen LogP contribution in [0.3, 0.4) is 0 Å². The first-order chi connectivity index (χ1) is 11.4. The summed E-state index contributed by atoms with van der Waals surface area (Å²) in [7, 11) is 1.60. The summed E-state index contributed by atoms with van der Waals surface area (Å²) >= 11 is 0. The minimum absolute atomic E-state index is 0.0615. The minimum atomic E-state index is -0.740. The highest BCUT2D eigenvalue weighted by Crippen LogP contribution is 2.37. The maximum Gasteiger partial charge on any atom is 0.327 e. The number of imide groups is 1. The van der Waals surface area contributed by atoms with Gasteiger partial charge in [0.15, 0.2) is 0 Å². The molecule has 0 aliphatic carbocycles. The summed E-state index contributed by atoms with van der Waals surface area (Å²) < 4.78 is 5.15. The molecule has 0 aromatic heterocycles. The maximum absolute atomic E-state index is 13.1. The lowest BCUT2D eigenvalue weighted by Gasteiger charge is -2.43. The summed E-state index contributed by atoms with van der Waals surface area (Å²) in [6.45, 7) is 8.84. The molecule has 138 valence electrons. The molecule has 2 heterocycles. The lowest BCUT2D eigenvalue weighted by atomic mass is 9.85. The van der Waals surface area contributed by atoms with Crippen LogP contribution in [-0.4, -0.2) is 89.8 Å². The predicted molar refractivity (Wildman–Crippen MR) is 90.6 cm³/mol. The Balaban J connectivity index is 2.21. The van der Waals surface area contributed by atoms with Crippen molar-refractivity contribution in [3.8, 4) is 0 Å². The lowest BCUT2D eigenvalue weighted by Crippen LogP contribution is -2.58. The van der Waals surface area contributed by atoms with Gasteiger partial charge in [-0.05, 0) is 25.7 Å². The summed E-state index contributed by atoms with van der Waals surface area (Å²) in [4.78, 5) is 31.3. The molecule has 2 aliphatic rings. The van der Waals surface area contributed by atoms with Gasteiger partial charge in [0.2, 0.25) is 0 Å². The first kappa shape index (κ1) is 19.1. The van der Waals surface area contributed by atoms with Crippen LogP contribution in [0.1, 0.15) is 33.6 Å². The zero-order valence-electron chi connectivity index (χ0n) is 15.3. The van der Waals surface area contributed by atoms with Crippen LogP contribution in [0.5, 0.6) is 0 Å². The van der Waals surface area contributed by atoms with Gasteiger partial charge in [-0.1, -0.05) is 13.8 Å². The van der Waals surface area contributed by atoms with E-state index in [0.717, 1.165) is 0 Å². The van der Waals surface area contributed by atoms with Gasteiger partial charge < -0.3 is 14.7 Å². The molecule has 2 aliphatic heterocycles.